The van der Waals surface area contributed by atoms with Gasteiger partial charge in [0.2, 0.25) is 5.95 Å². The van der Waals surface area contributed by atoms with Crippen molar-refractivity contribution in [2.75, 3.05) is 48.8 Å². The minimum Gasteiger partial charge on any atom is -0.368 e. The van der Waals surface area contributed by atoms with E-state index in [9.17, 15) is 4.79 Å². The summed E-state index contributed by atoms with van der Waals surface area (Å²) in [6, 6.07) is 13.7. The van der Waals surface area contributed by atoms with E-state index in [1.807, 2.05) is 42.5 Å². The highest BCUT2D eigenvalue weighted by atomic mass is 35.5. The predicted octanol–water partition coefficient (Wildman–Crippen LogP) is 5.19. The van der Waals surface area contributed by atoms with E-state index in [0.29, 0.717) is 34.8 Å². The van der Waals surface area contributed by atoms with Crippen molar-refractivity contribution >= 4 is 52.1 Å². The number of ketones is 1. The molecule has 35 heavy (non-hydrogen) atoms. The van der Waals surface area contributed by atoms with Crippen LogP contribution in [0.1, 0.15) is 11.1 Å². The molecule has 0 spiro atoms. The SMILES string of the molecule is C=CC(=O)Cc1cccc(CNc2nc(Nc3ccc(N4CCN(C)CC4)c(Cl)c3)ncc2Cl)c1. The van der Waals surface area contributed by atoms with Gasteiger partial charge in [0.05, 0.1) is 16.9 Å². The molecule has 0 atom stereocenters. The van der Waals surface area contributed by atoms with Crippen LogP contribution in [0.5, 0.6) is 0 Å². The number of carbonyl (C=O) groups excluding carboxylic acids is 1. The van der Waals surface area contributed by atoms with Gasteiger partial charge in [-0.05, 0) is 42.4 Å². The summed E-state index contributed by atoms with van der Waals surface area (Å²) in [5.74, 6) is 0.906. The number of likely N-dealkylation sites (N-methyl/N-ethyl adjacent to an activating group) is 1. The number of hydrogen-bond acceptors (Lipinski definition) is 7. The van der Waals surface area contributed by atoms with Crippen LogP contribution in [0.25, 0.3) is 0 Å². The fraction of sp³-hybridized carbons (Fsp3) is 0.269. The third kappa shape index (κ3) is 6.72. The van der Waals surface area contributed by atoms with Crippen molar-refractivity contribution in [3.63, 3.8) is 0 Å². The molecule has 1 aliphatic heterocycles. The minimum atomic E-state index is -0.0126. The Labute approximate surface area is 215 Å². The van der Waals surface area contributed by atoms with E-state index in [-0.39, 0.29) is 5.78 Å². The van der Waals surface area contributed by atoms with Crippen LogP contribution < -0.4 is 15.5 Å². The number of nitrogens with one attached hydrogen (secondary N) is 2. The van der Waals surface area contributed by atoms with E-state index < -0.39 is 0 Å². The number of nitrogens with zero attached hydrogens (tertiary/aromatic N) is 4. The zero-order valence-corrected chi connectivity index (χ0v) is 21.1. The first kappa shape index (κ1) is 25.0. The molecule has 9 heteroatoms. The van der Waals surface area contributed by atoms with Gasteiger partial charge in [0.25, 0.3) is 0 Å². The third-order valence-electron chi connectivity index (χ3n) is 5.85. The molecule has 1 fully saturated rings. The predicted molar refractivity (Wildman–Crippen MR) is 144 cm³/mol. The summed E-state index contributed by atoms with van der Waals surface area (Å²) in [5.41, 5.74) is 3.76. The summed E-state index contributed by atoms with van der Waals surface area (Å²) in [4.78, 5) is 25.1. The number of halogens is 2. The van der Waals surface area contributed by atoms with Crippen molar-refractivity contribution in [1.82, 2.24) is 14.9 Å². The maximum Gasteiger partial charge on any atom is 0.229 e. The Bertz CT molecular complexity index is 1210. The molecule has 0 amide bonds. The molecule has 2 aromatic carbocycles. The first-order valence-electron chi connectivity index (χ1n) is 11.4. The minimum absolute atomic E-state index is 0.0126. The molecule has 0 radical (unpaired) electrons. The van der Waals surface area contributed by atoms with Crippen LogP contribution in [-0.4, -0.2) is 53.9 Å². The van der Waals surface area contributed by atoms with E-state index in [0.717, 1.165) is 48.7 Å². The van der Waals surface area contributed by atoms with Gasteiger partial charge in [0.15, 0.2) is 11.6 Å². The maximum absolute atomic E-state index is 11.6. The standard InChI is InChI=1S/C26H28Cl2N6O/c1-3-21(35)14-18-5-4-6-19(13-18)16-29-25-23(28)17-30-26(32-25)31-20-7-8-24(22(27)15-20)34-11-9-33(2)10-12-34/h3-8,13,15,17H,1,9-12,14,16H2,2H3,(H2,29,30,31,32). The topological polar surface area (TPSA) is 73.4 Å². The Hall–Kier alpha value is -3.13. The van der Waals surface area contributed by atoms with Crippen LogP contribution in [-0.2, 0) is 17.8 Å². The van der Waals surface area contributed by atoms with Crippen molar-refractivity contribution in [3.05, 3.63) is 82.5 Å². The molecule has 0 bridgehead atoms. The zero-order valence-electron chi connectivity index (χ0n) is 19.6. The second-order valence-electron chi connectivity index (χ2n) is 8.49. The van der Waals surface area contributed by atoms with E-state index in [1.165, 1.54) is 6.08 Å². The van der Waals surface area contributed by atoms with Gasteiger partial charge in [-0.1, -0.05) is 54.0 Å². The lowest BCUT2D eigenvalue weighted by Crippen LogP contribution is -2.44. The smallest absolute Gasteiger partial charge is 0.229 e. The number of aromatic nitrogens is 2. The normalized spacial score (nSPS) is 14.0. The van der Waals surface area contributed by atoms with Crippen LogP contribution in [0.4, 0.5) is 23.1 Å². The monoisotopic (exact) mass is 510 g/mol. The van der Waals surface area contributed by atoms with Crippen LogP contribution >= 0.6 is 23.2 Å². The van der Waals surface area contributed by atoms with Crippen LogP contribution in [0.3, 0.4) is 0 Å². The molecule has 3 aromatic rings. The number of rotatable bonds is 9. The van der Waals surface area contributed by atoms with Crippen molar-refractivity contribution in [3.8, 4) is 0 Å². The van der Waals surface area contributed by atoms with Gasteiger partial charge in [-0.3, -0.25) is 4.79 Å². The van der Waals surface area contributed by atoms with Gasteiger partial charge >= 0.3 is 0 Å². The van der Waals surface area contributed by atoms with Gasteiger partial charge in [0, 0.05) is 44.8 Å². The highest BCUT2D eigenvalue weighted by molar-refractivity contribution is 6.33. The van der Waals surface area contributed by atoms with Gasteiger partial charge in [0.1, 0.15) is 5.02 Å². The fourth-order valence-electron chi connectivity index (χ4n) is 3.88. The molecule has 182 valence electrons. The molecule has 2 heterocycles. The van der Waals surface area contributed by atoms with Crippen molar-refractivity contribution < 1.29 is 4.79 Å². The van der Waals surface area contributed by atoms with Gasteiger partial charge in [-0.25, -0.2) is 4.98 Å². The Kier molecular flexibility index (Phi) is 8.23. The Morgan fingerprint density at radius 1 is 1.09 bits per heavy atom. The number of carbonyl (C=O) groups is 1. The first-order valence-corrected chi connectivity index (χ1v) is 12.2. The van der Waals surface area contributed by atoms with E-state index >= 15 is 0 Å². The average molecular weight is 511 g/mol. The largest absolute Gasteiger partial charge is 0.368 e. The molecule has 1 aromatic heterocycles. The number of benzene rings is 2. The van der Waals surface area contributed by atoms with Crippen molar-refractivity contribution in [2.45, 2.75) is 13.0 Å². The lowest BCUT2D eigenvalue weighted by molar-refractivity contribution is -0.114. The van der Waals surface area contributed by atoms with Crippen molar-refractivity contribution in [1.29, 1.82) is 0 Å². The summed E-state index contributed by atoms with van der Waals surface area (Å²) >= 11 is 12.9. The lowest BCUT2D eigenvalue weighted by atomic mass is 10.1. The molecule has 0 unspecified atom stereocenters. The molecule has 2 N–H and O–H groups in total. The number of allylic oxidation sites excluding steroid dienone is 1. The second kappa shape index (κ2) is 11.5. The van der Waals surface area contributed by atoms with E-state index in [2.05, 4.69) is 44.0 Å². The zero-order chi connectivity index (χ0) is 24.8. The van der Waals surface area contributed by atoms with Crippen molar-refractivity contribution in [2.24, 2.45) is 0 Å². The molecule has 7 nitrogen and oxygen atoms in total. The Morgan fingerprint density at radius 2 is 1.86 bits per heavy atom. The molecule has 1 aliphatic rings. The van der Waals surface area contributed by atoms with Crippen LogP contribution in [0, 0.1) is 0 Å². The molecule has 4 rings (SSSR count). The van der Waals surface area contributed by atoms with Crippen LogP contribution in [0.15, 0.2) is 61.3 Å². The van der Waals surface area contributed by atoms with Crippen LogP contribution in [0.2, 0.25) is 10.0 Å². The van der Waals surface area contributed by atoms with E-state index in [1.54, 1.807) is 6.20 Å². The number of anilines is 4. The Balaban J connectivity index is 1.41. The lowest BCUT2D eigenvalue weighted by Gasteiger charge is -2.34. The highest BCUT2D eigenvalue weighted by Crippen LogP contribution is 2.31. The summed E-state index contributed by atoms with van der Waals surface area (Å²) in [5, 5.41) is 7.55. The molecular formula is C26H28Cl2N6O. The molecule has 1 saturated heterocycles. The Morgan fingerprint density at radius 3 is 2.60 bits per heavy atom. The highest BCUT2D eigenvalue weighted by Gasteiger charge is 2.17. The first-order chi connectivity index (χ1) is 16.9. The molecule has 0 aliphatic carbocycles. The summed E-state index contributed by atoms with van der Waals surface area (Å²) in [7, 11) is 2.13. The number of hydrogen-bond donors (Lipinski definition) is 2. The molecular weight excluding hydrogens is 483 g/mol. The second-order valence-corrected chi connectivity index (χ2v) is 9.31. The molecule has 0 saturated carbocycles. The van der Waals surface area contributed by atoms with Gasteiger partial charge < -0.3 is 20.4 Å². The fourth-order valence-corrected chi connectivity index (χ4v) is 4.34. The quantitative estimate of drug-likeness (QED) is 0.383. The van der Waals surface area contributed by atoms with E-state index in [4.69, 9.17) is 23.2 Å². The summed E-state index contributed by atoms with van der Waals surface area (Å²) in [6.07, 6.45) is 3.22. The number of piperazine rings is 1. The van der Waals surface area contributed by atoms with Gasteiger partial charge in [-0.2, -0.15) is 4.98 Å². The average Bonchev–Trinajstić information content (AvgIpc) is 2.85. The third-order valence-corrected chi connectivity index (χ3v) is 6.43. The van der Waals surface area contributed by atoms with Gasteiger partial charge in [-0.15, -0.1) is 0 Å². The maximum atomic E-state index is 11.6. The summed E-state index contributed by atoms with van der Waals surface area (Å²) < 4.78 is 0. The summed E-state index contributed by atoms with van der Waals surface area (Å²) in [6.45, 7) is 7.96.